The van der Waals surface area contributed by atoms with Crippen LogP contribution in [0.25, 0.3) is 0 Å². The highest BCUT2D eigenvalue weighted by Gasteiger charge is 2.08. The maximum Gasteiger partial charge on any atom is 0.336 e. The molecule has 0 N–H and O–H groups in total. The van der Waals surface area contributed by atoms with E-state index in [-0.39, 0.29) is 6.61 Å². The van der Waals surface area contributed by atoms with Crippen LogP contribution in [0.4, 0.5) is 0 Å². The standard InChI is InChI=1S/C13H15ClO3/c1-4-16-13(15)10(3)8-17-11-5-6-12(14)9(2)7-11/h5-7H,3-4,8H2,1-2H3. The smallest absolute Gasteiger partial charge is 0.336 e. The van der Waals surface area contributed by atoms with E-state index < -0.39 is 5.97 Å². The molecule has 0 aromatic heterocycles. The zero-order chi connectivity index (χ0) is 12.8. The van der Waals surface area contributed by atoms with Gasteiger partial charge >= 0.3 is 5.97 Å². The van der Waals surface area contributed by atoms with Gasteiger partial charge in [0.05, 0.1) is 12.2 Å². The fourth-order valence-electron chi connectivity index (χ4n) is 1.17. The molecule has 0 saturated heterocycles. The van der Waals surface area contributed by atoms with Crippen LogP contribution in [0.2, 0.25) is 5.02 Å². The van der Waals surface area contributed by atoms with Gasteiger partial charge in [0, 0.05) is 5.02 Å². The lowest BCUT2D eigenvalue weighted by Gasteiger charge is -2.09. The second kappa shape index (κ2) is 6.30. The Hall–Kier alpha value is -1.48. The molecule has 0 aliphatic carbocycles. The van der Waals surface area contributed by atoms with Crippen LogP contribution < -0.4 is 4.74 Å². The van der Waals surface area contributed by atoms with Crippen LogP contribution in [0.1, 0.15) is 12.5 Å². The van der Waals surface area contributed by atoms with Gasteiger partial charge in [-0.3, -0.25) is 0 Å². The van der Waals surface area contributed by atoms with Crippen molar-refractivity contribution in [2.75, 3.05) is 13.2 Å². The number of aryl methyl sites for hydroxylation is 1. The third-order valence-corrected chi connectivity index (χ3v) is 2.53. The Labute approximate surface area is 106 Å². The molecule has 17 heavy (non-hydrogen) atoms. The molecule has 0 spiro atoms. The maximum absolute atomic E-state index is 11.3. The van der Waals surface area contributed by atoms with E-state index in [1.54, 1.807) is 25.1 Å². The molecule has 1 rings (SSSR count). The van der Waals surface area contributed by atoms with Gasteiger partial charge in [0.1, 0.15) is 12.4 Å². The van der Waals surface area contributed by atoms with Gasteiger partial charge < -0.3 is 9.47 Å². The Bertz CT molecular complexity index is 427. The summed E-state index contributed by atoms with van der Waals surface area (Å²) in [6.45, 7) is 7.67. The van der Waals surface area contributed by atoms with Crippen molar-refractivity contribution in [3.63, 3.8) is 0 Å². The predicted octanol–water partition coefficient (Wildman–Crippen LogP) is 3.15. The van der Waals surface area contributed by atoms with E-state index >= 15 is 0 Å². The molecule has 92 valence electrons. The molecule has 0 radical (unpaired) electrons. The number of benzene rings is 1. The molecular weight excluding hydrogens is 240 g/mol. The van der Waals surface area contributed by atoms with Gasteiger partial charge in [-0.25, -0.2) is 4.79 Å². The predicted molar refractivity (Wildman–Crippen MR) is 67.5 cm³/mol. The van der Waals surface area contributed by atoms with Crippen molar-refractivity contribution < 1.29 is 14.3 Å². The molecule has 0 aliphatic rings. The van der Waals surface area contributed by atoms with E-state index in [4.69, 9.17) is 21.1 Å². The highest BCUT2D eigenvalue weighted by molar-refractivity contribution is 6.31. The van der Waals surface area contributed by atoms with Crippen molar-refractivity contribution >= 4 is 17.6 Å². The summed E-state index contributed by atoms with van der Waals surface area (Å²) in [5, 5.41) is 0.682. The normalized spacial score (nSPS) is 9.82. The van der Waals surface area contributed by atoms with Crippen LogP contribution >= 0.6 is 11.6 Å². The van der Waals surface area contributed by atoms with Gasteiger partial charge in [0.15, 0.2) is 0 Å². The number of halogens is 1. The zero-order valence-electron chi connectivity index (χ0n) is 9.96. The van der Waals surface area contributed by atoms with Crippen molar-refractivity contribution in [3.8, 4) is 5.75 Å². The largest absolute Gasteiger partial charge is 0.489 e. The molecule has 0 heterocycles. The molecule has 3 nitrogen and oxygen atoms in total. The minimum Gasteiger partial charge on any atom is -0.489 e. The molecule has 1 aromatic carbocycles. The fraction of sp³-hybridized carbons (Fsp3) is 0.308. The minimum absolute atomic E-state index is 0.111. The van der Waals surface area contributed by atoms with E-state index in [2.05, 4.69) is 6.58 Å². The van der Waals surface area contributed by atoms with Crippen molar-refractivity contribution in [1.29, 1.82) is 0 Å². The lowest BCUT2D eigenvalue weighted by molar-refractivity contribution is -0.138. The Kier molecular flexibility index (Phi) is 5.04. The number of ether oxygens (including phenoxy) is 2. The lowest BCUT2D eigenvalue weighted by atomic mass is 10.2. The van der Waals surface area contributed by atoms with Crippen LogP contribution in [-0.4, -0.2) is 19.2 Å². The van der Waals surface area contributed by atoms with Crippen molar-refractivity contribution in [3.05, 3.63) is 40.9 Å². The number of carbonyl (C=O) groups excluding carboxylic acids is 1. The molecule has 0 bridgehead atoms. The molecule has 4 heteroatoms. The van der Waals surface area contributed by atoms with Crippen molar-refractivity contribution in [2.45, 2.75) is 13.8 Å². The Balaban J connectivity index is 2.53. The molecule has 1 aromatic rings. The first-order chi connectivity index (χ1) is 8.04. The highest BCUT2D eigenvalue weighted by atomic mass is 35.5. The number of carbonyl (C=O) groups is 1. The van der Waals surface area contributed by atoms with Gasteiger partial charge in [-0.1, -0.05) is 18.2 Å². The second-order valence-corrected chi connectivity index (χ2v) is 3.93. The Morgan fingerprint density at radius 3 is 2.76 bits per heavy atom. The number of hydrogen-bond donors (Lipinski definition) is 0. The van der Waals surface area contributed by atoms with Crippen LogP contribution in [0.3, 0.4) is 0 Å². The van der Waals surface area contributed by atoms with E-state index in [1.165, 1.54) is 0 Å². The minimum atomic E-state index is -0.432. The van der Waals surface area contributed by atoms with Crippen LogP contribution in [0.5, 0.6) is 5.75 Å². The number of esters is 1. The summed E-state index contributed by atoms with van der Waals surface area (Å²) in [6, 6.07) is 5.30. The number of hydrogen-bond acceptors (Lipinski definition) is 3. The first kappa shape index (κ1) is 13.6. The summed E-state index contributed by atoms with van der Waals surface area (Å²) < 4.78 is 10.2. The maximum atomic E-state index is 11.3. The van der Waals surface area contributed by atoms with E-state index in [9.17, 15) is 4.79 Å². The lowest BCUT2D eigenvalue weighted by Crippen LogP contribution is -2.13. The summed E-state index contributed by atoms with van der Waals surface area (Å²) in [6.07, 6.45) is 0. The summed E-state index contributed by atoms with van der Waals surface area (Å²) in [7, 11) is 0. The topological polar surface area (TPSA) is 35.5 Å². The van der Waals surface area contributed by atoms with Gasteiger partial charge in [0.2, 0.25) is 0 Å². The molecule has 0 amide bonds. The van der Waals surface area contributed by atoms with Gasteiger partial charge in [-0.2, -0.15) is 0 Å². The molecule has 0 fully saturated rings. The fourth-order valence-corrected chi connectivity index (χ4v) is 1.29. The average molecular weight is 255 g/mol. The average Bonchev–Trinajstić information content (AvgIpc) is 2.30. The molecule has 0 unspecified atom stereocenters. The molecule has 0 saturated carbocycles. The van der Waals surface area contributed by atoms with E-state index in [0.717, 1.165) is 5.56 Å². The van der Waals surface area contributed by atoms with Gasteiger partial charge in [-0.05, 0) is 37.6 Å². The first-order valence-corrected chi connectivity index (χ1v) is 5.66. The zero-order valence-corrected chi connectivity index (χ0v) is 10.7. The summed E-state index contributed by atoms with van der Waals surface area (Å²) in [5.74, 6) is 0.218. The third kappa shape index (κ3) is 4.11. The molecule has 0 atom stereocenters. The second-order valence-electron chi connectivity index (χ2n) is 3.52. The monoisotopic (exact) mass is 254 g/mol. The summed E-state index contributed by atoms with van der Waals surface area (Å²) in [4.78, 5) is 11.3. The third-order valence-electron chi connectivity index (χ3n) is 2.11. The molecular formula is C13H15ClO3. The SMILES string of the molecule is C=C(COc1ccc(Cl)c(C)c1)C(=O)OCC. The summed E-state index contributed by atoms with van der Waals surface area (Å²) in [5.41, 5.74) is 1.21. The molecule has 0 aliphatic heterocycles. The van der Waals surface area contributed by atoms with Crippen LogP contribution in [0, 0.1) is 6.92 Å². The van der Waals surface area contributed by atoms with Gasteiger partial charge in [-0.15, -0.1) is 0 Å². The van der Waals surface area contributed by atoms with Crippen molar-refractivity contribution in [1.82, 2.24) is 0 Å². The van der Waals surface area contributed by atoms with E-state index in [1.807, 2.05) is 6.92 Å². The quantitative estimate of drug-likeness (QED) is 0.598. The first-order valence-electron chi connectivity index (χ1n) is 5.28. The van der Waals surface area contributed by atoms with E-state index in [0.29, 0.717) is 23.0 Å². The summed E-state index contributed by atoms with van der Waals surface area (Å²) >= 11 is 5.89. The van der Waals surface area contributed by atoms with Crippen LogP contribution in [-0.2, 0) is 9.53 Å². The van der Waals surface area contributed by atoms with Crippen LogP contribution in [0.15, 0.2) is 30.4 Å². The van der Waals surface area contributed by atoms with Gasteiger partial charge in [0.25, 0.3) is 0 Å². The Morgan fingerprint density at radius 2 is 2.18 bits per heavy atom. The highest BCUT2D eigenvalue weighted by Crippen LogP contribution is 2.21. The number of rotatable bonds is 5. The van der Waals surface area contributed by atoms with Crippen molar-refractivity contribution in [2.24, 2.45) is 0 Å². The Morgan fingerprint density at radius 1 is 1.47 bits per heavy atom.